The largest absolute Gasteiger partial charge is 0.354 e. The summed E-state index contributed by atoms with van der Waals surface area (Å²) in [6.07, 6.45) is 23.0. The highest BCUT2D eigenvalue weighted by Gasteiger charge is 2.34. The van der Waals surface area contributed by atoms with E-state index in [0.717, 1.165) is 18.7 Å². The van der Waals surface area contributed by atoms with Gasteiger partial charge in [0.2, 0.25) is 0 Å². The van der Waals surface area contributed by atoms with Crippen LogP contribution < -0.4 is 10.6 Å². The first-order valence-corrected chi connectivity index (χ1v) is 12.5. The van der Waals surface area contributed by atoms with Gasteiger partial charge in [-0.05, 0) is 61.5 Å². The minimum atomic E-state index is 0.0612. The molecule has 0 bridgehead atoms. The zero-order valence-corrected chi connectivity index (χ0v) is 19.6. The first kappa shape index (κ1) is 21.5. The molecule has 1 aromatic carbocycles. The maximum atomic E-state index is 5.16. The molecule has 0 aromatic heterocycles. The van der Waals surface area contributed by atoms with Gasteiger partial charge in [-0.25, -0.2) is 4.99 Å². The molecule has 0 saturated heterocycles. The number of benzene rings is 1. The predicted octanol–water partition coefficient (Wildman–Crippen LogP) is 6.27. The van der Waals surface area contributed by atoms with Crippen molar-refractivity contribution in [1.29, 1.82) is 0 Å². The van der Waals surface area contributed by atoms with E-state index in [-0.39, 0.29) is 12.3 Å². The third-order valence-corrected chi connectivity index (χ3v) is 7.48. The van der Waals surface area contributed by atoms with E-state index in [1.54, 1.807) is 0 Å². The molecule has 1 aromatic rings. The van der Waals surface area contributed by atoms with E-state index in [1.807, 2.05) is 0 Å². The molecule has 0 amide bonds. The normalized spacial score (nSPS) is 31.9. The van der Waals surface area contributed by atoms with Crippen LogP contribution in [0.1, 0.15) is 64.4 Å². The molecular weight excluding hydrogens is 390 g/mol. The summed E-state index contributed by atoms with van der Waals surface area (Å²) >= 11 is 0. The lowest BCUT2D eigenvalue weighted by Crippen LogP contribution is -2.58. The molecule has 0 fully saturated rings. The second kappa shape index (κ2) is 9.23. The summed E-state index contributed by atoms with van der Waals surface area (Å²) in [5.41, 5.74) is 4.49. The average molecular weight is 428 g/mol. The molecule has 4 unspecified atom stereocenters. The van der Waals surface area contributed by atoms with Gasteiger partial charge < -0.3 is 5.32 Å². The Hall–Kier alpha value is -2.39. The molecule has 3 aliphatic carbocycles. The Morgan fingerprint density at radius 2 is 1.84 bits per heavy atom. The van der Waals surface area contributed by atoms with Crippen LogP contribution in [-0.4, -0.2) is 18.2 Å². The Balaban J connectivity index is 1.37. The number of hydrogen-bond donors (Lipinski definition) is 2. The maximum absolute atomic E-state index is 5.16. The topological polar surface area (TPSA) is 36.4 Å². The molecule has 3 nitrogen and oxygen atoms in total. The fourth-order valence-electron chi connectivity index (χ4n) is 5.61. The molecule has 1 aliphatic heterocycles. The molecule has 4 atom stereocenters. The van der Waals surface area contributed by atoms with Crippen molar-refractivity contribution in [1.82, 2.24) is 10.6 Å². The first-order chi connectivity index (χ1) is 15.6. The van der Waals surface area contributed by atoms with Crippen molar-refractivity contribution in [2.45, 2.75) is 71.1 Å². The summed E-state index contributed by atoms with van der Waals surface area (Å²) in [5.74, 6) is 2.07. The molecule has 32 heavy (non-hydrogen) atoms. The molecule has 168 valence electrons. The number of nitrogens with zero attached hydrogens (tertiary/aromatic N) is 1. The van der Waals surface area contributed by atoms with Crippen molar-refractivity contribution in [2.24, 2.45) is 22.2 Å². The van der Waals surface area contributed by atoms with Gasteiger partial charge in [-0.3, -0.25) is 5.32 Å². The van der Waals surface area contributed by atoms with Crippen molar-refractivity contribution in [3.05, 3.63) is 83.5 Å². The average Bonchev–Trinajstić information content (AvgIpc) is 2.84. The fraction of sp³-hybridized carbons (Fsp3) is 0.483. The van der Waals surface area contributed by atoms with Gasteiger partial charge in [-0.1, -0.05) is 80.6 Å². The van der Waals surface area contributed by atoms with Gasteiger partial charge >= 0.3 is 0 Å². The van der Waals surface area contributed by atoms with Crippen LogP contribution in [0, 0.1) is 17.3 Å². The number of rotatable bonds is 4. The van der Waals surface area contributed by atoms with Gasteiger partial charge in [0.1, 0.15) is 12.0 Å². The number of aliphatic imine (C=N–C) groups is 1. The smallest absolute Gasteiger partial charge is 0.131 e. The zero-order valence-electron chi connectivity index (χ0n) is 19.6. The number of allylic oxidation sites excluding steroid dienone is 6. The molecule has 0 spiro atoms. The van der Waals surface area contributed by atoms with Crippen molar-refractivity contribution < 1.29 is 0 Å². The van der Waals surface area contributed by atoms with Gasteiger partial charge in [-0.15, -0.1) is 0 Å². The van der Waals surface area contributed by atoms with E-state index in [9.17, 15) is 0 Å². The summed E-state index contributed by atoms with van der Waals surface area (Å²) in [6, 6.07) is 10.6. The van der Waals surface area contributed by atoms with Crippen LogP contribution in [0.2, 0.25) is 0 Å². The van der Waals surface area contributed by atoms with Crippen LogP contribution in [-0.2, 0) is 0 Å². The summed E-state index contributed by atoms with van der Waals surface area (Å²) in [5, 5.41) is 7.63. The molecule has 2 N–H and O–H groups in total. The quantitative estimate of drug-likeness (QED) is 0.555. The number of hydrogen-bond acceptors (Lipinski definition) is 3. The van der Waals surface area contributed by atoms with Crippen LogP contribution in [0.3, 0.4) is 0 Å². The summed E-state index contributed by atoms with van der Waals surface area (Å²) in [4.78, 5) is 5.16. The molecule has 5 rings (SSSR count). The summed E-state index contributed by atoms with van der Waals surface area (Å²) < 4.78 is 0. The second-order valence-electron chi connectivity index (χ2n) is 10.6. The maximum Gasteiger partial charge on any atom is 0.131 e. The summed E-state index contributed by atoms with van der Waals surface area (Å²) in [7, 11) is 0. The van der Waals surface area contributed by atoms with Crippen molar-refractivity contribution in [2.75, 3.05) is 0 Å². The third kappa shape index (κ3) is 4.83. The van der Waals surface area contributed by atoms with E-state index in [1.165, 1.54) is 48.8 Å². The van der Waals surface area contributed by atoms with Crippen LogP contribution in [0.25, 0.3) is 0 Å². The Morgan fingerprint density at radius 3 is 2.56 bits per heavy atom. The zero-order chi connectivity index (χ0) is 22.0. The van der Waals surface area contributed by atoms with Gasteiger partial charge in [0, 0.05) is 17.4 Å². The number of amidine groups is 1. The predicted molar refractivity (Wildman–Crippen MR) is 134 cm³/mol. The Morgan fingerprint density at radius 1 is 0.969 bits per heavy atom. The van der Waals surface area contributed by atoms with Crippen LogP contribution in [0.15, 0.2) is 82.9 Å². The van der Waals surface area contributed by atoms with Gasteiger partial charge in [0.25, 0.3) is 0 Å². The van der Waals surface area contributed by atoms with Crippen LogP contribution in [0.4, 0.5) is 0 Å². The highest BCUT2D eigenvalue weighted by Crippen LogP contribution is 2.38. The Bertz CT molecular complexity index is 963. The van der Waals surface area contributed by atoms with Gasteiger partial charge in [0.15, 0.2) is 0 Å². The van der Waals surface area contributed by atoms with Crippen LogP contribution >= 0.6 is 0 Å². The van der Waals surface area contributed by atoms with E-state index in [4.69, 9.17) is 4.99 Å². The number of nitrogens with one attached hydrogen (secondary N) is 2. The third-order valence-electron chi connectivity index (χ3n) is 7.48. The Labute approximate surface area is 193 Å². The van der Waals surface area contributed by atoms with E-state index in [0.29, 0.717) is 17.3 Å². The standard InChI is InChI=1S/C29H37N3/c1-29(2)19-9-14-25(20-29)28-31-26(23-12-7-4-8-13-23)30-27(32-28)24-17-15-22(16-18-24)21-10-5-3-6-11-21/h4-5,7-8,10-15,17,22,24,27-28,32H,3,6,9,16,18-20H2,1-2H3,(H,30,31). The van der Waals surface area contributed by atoms with E-state index >= 15 is 0 Å². The van der Waals surface area contributed by atoms with Crippen molar-refractivity contribution >= 4 is 5.84 Å². The SMILES string of the molecule is CC1(C)CCC=C(C2N=C(c3ccccc3)NC(C3C=CC(C4=CCCC=C4)CC3)N2)C1. The van der Waals surface area contributed by atoms with Gasteiger partial charge in [0.05, 0.1) is 6.17 Å². The molecule has 4 aliphatic rings. The van der Waals surface area contributed by atoms with Crippen molar-refractivity contribution in [3.8, 4) is 0 Å². The minimum Gasteiger partial charge on any atom is -0.354 e. The molecular formula is C29H37N3. The lowest BCUT2D eigenvalue weighted by Gasteiger charge is -2.40. The molecule has 0 saturated carbocycles. The highest BCUT2D eigenvalue weighted by atomic mass is 15.3. The lowest BCUT2D eigenvalue weighted by atomic mass is 9.76. The molecule has 0 radical (unpaired) electrons. The van der Waals surface area contributed by atoms with E-state index < -0.39 is 0 Å². The highest BCUT2D eigenvalue weighted by molar-refractivity contribution is 5.99. The first-order valence-electron chi connectivity index (χ1n) is 12.5. The molecule has 1 heterocycles. The minimum absolute atomic E-state index is 0.0612. The van der Waals surface area contributed by atoms with Gasteiger partial charge in [-0.2, -0.15) is 0 Å². The second-order valence-corrected chi connectivity index (χ2v) is 10.6. The van der Waals surface area contributed by atoms with Crippen molar-refractivity contribution in [3.63, 3.8) is 0 Å². The van der Waals surface area contributed by atoms with E-state index in [2.05, 4.69) is 91.3 Å². The monoisotopic (exact) mass is 427 g/mol. The Kier molecular flexibility index (Phi) is 6.19. The fourth-order valence-corrected chi connectivity index (χ4v) is 5.61. The van der Waals surface area contributed by atoms with Crippen LogP contribution in [0.5, 0.6) is 0 Å². The summed E-state index contributed by atoms with van der Waals surface area (Å²) in [6.45, 7) is 4.78. The molecule has 3 heteroatoms. The lowest BCUT2D eigenvalue weighted by molar-refractivity contribution is 0.277.